The largest absolute Gasteiger partial charge is 0.493 e. The van der Waals surface area contributed by atoms with Crippen molar-refractivity contribution >= 4 is 11.7 Å². The van der Waals surface area contributed by atoms with E-state index in [1.54, 1.807) is 18.3 Å². The van der Waals surface area contributed by atoms with Crippen molar-refractivity contribution in [3.05, 3.63) is 59.3 Å². The lowest BCUT2D eigenvalue weighted by Crippen LogP contribution is -2.24. The van der Waals surface area contributed by atoms with Gasteiger partial charge in [-0.2, -0.15) is 5.10 Å². The highest BCUT2D eigenvalue weighted by Gasteiger charge is 2.32. The Morgan fingerprint density at radius 3 is 2.37 bits per heavy atom. The van der Waals surface area contributed by atoms with Crippen molar-refractivity contribution in [2.45, 2.75) is 12.3 Å². The summed E-state index contributed by atoms with van der Waals surface area (Å²) in [6.07, 6.45) is 1.72. The van der Waals surface area contributed by atoms with Crippen LogP contribution in [0.5, 0.6) is 17.2 Å². The number of nitrogens with zero attached hydrogens (tertiary/aromatic N) is 2. The minimum absolute atomic E-state index is 0.0310. The molecule has 1 atom stereocenters. The number of nitrogens with one attached hydrogen (secondary N) is 1. The molecule has 0 saturated carbocycles. The first kappa shape index (κ1) is 19.7. The Morgan fingerprint density at radius 2 is 1.77 bits per heavy atom. The topological polar surface area (TPSA) is 74.6 Å². The molecule has 2 heterocycles. The molecule has 1 amide bonds. The molecule has 0 spiro atoms. The monoisotopic (exact) mass is 415 g/mol. The van der Waals surface area contributed by atoms with Crippen LogP contribution < -0.4 is 19.5 Å². The first-order chi connectivity index (χ1) is 14.5. The summed E-state index contributed by atoms with van der Waals surface area (Å²) in [6, 6.07) is 6.71. The lowest BCUT2D eigenvalue weighted by molar-refractivity contribution is -0.116. The van der Waals surface area contributed by atoms with Crippen LogP contribution in [0.15, 0.2) is 36.5 Å². The van der Waals surface area contributed by atoms with E-state index in [1.165, 1.54) is 32.1 Å². The third-order valence-electron chi connectivity index (χ3n) is 5.05. The molecule has 1 N–H and O–H groups in total. The molecule has 0 aliphatic carbocycles. The second-order valence-corrected chi connectivity index (χ2v) is 6.72. The summed E-state index contributed by atoms with van der Waals surface area (Å²) in [5.74, 6) is -0.441. The van der Waals surface area contributed by atoms with Gasteiger partial charge in [-0.05, 0) is 29.8 Å². The molecule has 0 saturated heterocycles. The standard InChI is InChI=1S/C21H19F2N3O4/c1-28-17-6-11(7-18(29-2)20(17)30-3)13-9-19(27)25-21-14(13)10-24-26(21)16-5-4-12(22)8-15(16)23/h4-8,10,13H,9H2,1-3H3,(H,25,27). The van der Waals surface area contributed by atoms with Crippen LogP contribution in [0.4, 0.5) is 14.6 Å². The number of carbonyl (C=O) groups excluding carboxylic acids is 1. The van der Waals surface area contributed by atoms with E-state index in [1.807, 2.05) is 0 Å². The van der Waals surface area contributed by atoms with Crippen molar-refractivity contribution < 1.29 is 27.8 Å². The van der Waals surface area contributed by atoms with E-state index in [0.717, 1.165) is 17.7 Å². The summed E-state index contributed by atoms with van der Waals surface area (Å²) in [7, 11) is 4.53. The van der Waals surface area contributed by atoms with Gasteiger partial charge in [0.25, 0.3) is 0 Å². The van der Waals surface area contributed by atoms with Gasteiger partial charge in [0, 0.05) is 24.0 Å². The highest BCUT2D eigenvalue weighted by atomic mass is 19.1. The number of fused-ring (bicyclic) bond motifs is 1. The van der Waals surface area contributed by atoms with Gasteiger partial charge in [-0.1, -0.05) is 0 Å². The quantitative estimate of drug-likeness (QED) is 0.689. The minimum atomic E-state index is -0.787. The summed E-state index contributed by atoms with van der Waals surface area (Å²) in [5.41, 5.74) is 1.47. The fourth-order valence-corrected chi connectivity index (χ4v) is 3.66. The number of anilines is 1. The summed E-state index contributed by atoms with van der Waals surface area (Å²) in [4.78, 5) is 12.5. The fourth-order valence-electron chi connectivity index (χ4n) is 3.66. The maximum Gasteiger partial charge on any atom is 0.226 e. The van der Waals surface area contributed by atoms with Crippen molar-refractivity contribution in [3.8, 4) is 22.9 Å². The van der Waals surface area contributed by atoms with Crippen LogP contribution in [0.25, 0.3) is 5.69 Å². The van der Waals surface area contributed by atoms with Gasteiger partial charge < -0.3 is 19.5 Å². The van der Waals surface area contributed by atoms with Crippen LogP contribution in [0.3, 0.4) is 0 Å². The fraction of sp³-hybridized carbons (Fsp3) is 0.238. The van der Waals surface area contributed by atoms with Gasteiger partial charge in [-0.25, -0.2) is 13.5 Å². The Kier molecular flexibility index (Phi) is 5.03. The molecule has 7 nitrogen and oxygen atoms in total. The van der Waals surface area contributed by atoms with Crippen molar-refractivity contribution in [1.82, 2.24) is 9.78 Å². The van der Waals surface area contributed by atoms with Crippen molar-refractivity contribution in [2.24, 2.45) is 0 Å². The summed E-state index contributed by atoms with van der Waals surface area (Å²) >= 11 is 0. The summed E-state index contributed by atoms with van der Waals surface area (Å²) < 4.78 is 45.1. The second kappa shape index (κ2) is 7.66. The van der Waals surface area contributed by atoms with Crippen LogP contribution in [0.1, 0.15) is 23.5 Å². The predicted octanol–water partition coefficient (Wildman–Crippen LogP) is 3.65. The van der Waals surface area contributed by atoms with Crippen LogP contribution in [0.2, 0.25) is 0 Å². The van der Waals surface area contributed by atoms with Crippen molar-refractivity contribution in [1.29, 1.82) is 0 Å². The zero-order valence-corrected chi connectivity index (χ0v) is 16.5. The smallest absolute Gasteiger partial charge is 0.226 e. The van der Waals surface area contributed by atoms with Gasteiger partial charge >= 0.3 is 0 Å². The Balaban J connectivity index is 1.84. The molecule has 30 heavy (non-hydrogen) atoms. The molecular formula is C21H19F2N3O4. The normalized spacial score (nSPS) is 15.4. The number of amides is 1. The Labute approximate surface area is 171 Å². The molecule has 0 fully saturated rings. The third-order valence-corrected chi connectivity index (χ3v) is 5.05. The van der Waals surface area contributed by atoms with E-state index in [9.17, 15) is 13.6 Å². The number of hydrogen-bond acceptors (Lipinski definition) is 5. The lowest BCUT2D eigenvalue weighted by Gasteiger charge is -2.25. The first-order valence-corrected chi connectivity index (χ1v) is 9.10. The molecule has 3 aromatic rings. The SMILES string of the molecule is COc1cc(C2CC(=O)Nc3c2cnn3-c2ccc(F)cc2F)cc(OC)c1OC. The maximum atomic E-state index is 14.3. The predicted molar refractivity (Wildman–Crippen MR) is 105 cm³/mol. The zero-order valence-electron chi connectivity index (χ0n) is 16.5. The summed E-state index contributed by atoms with van der Waals surface area (Å²) in [5, 5.41) is 6.98. The number of benzene rings is 2. The molecule has 9 heteroatoms. The van der Waals surface area contributed by atoms with Gasteiger partial charge in [0.15, 0.2) is 17.3 Å². The Morgan fingerprint density at radius 1 is 1.07 bits per heavy atom. The maximum absolute atomic E-state index is 14.3. The van der Waals surface area contributed by atoms with Crippen LogP contribution >= 0.6 is 0 Å². The van der Waals surface area contributed by atoms with Crippen LogP contribution in [-0.2, 0) is 4.79 Å². The summed E-state index contributed by atoms with van der Waals surface area (Å²) in [6.45, 7) is 0. The van der Waals surface area contributed by atoms with Crippen LogP contribution in [0, 0.1) is 11.6 Å². The number of halogens is 2. The Bertz CT molecular complexity index is 1100. The van der Waals surface area contributed by atoms with Crippen molar-refractivity contribution in [3.63, 3.8) is 0 Å². The minimum Gasteiger partial charge on any atom is -0.493 e. The molecule has 0 bridgehead atoms. The van der Waals surface area contributed by atoms with Crippen LogP contribution in [-0.4, -0.2) is 37.0 Å². The average Bonchev–Trinajstić information content (AvgIpc) is 3.15. The number of aromatic nitrogens is 2. The molecule has 1 aliphatic rings. The molecule has 1 aliphatic heterocycles. The molecular weight excluding hydrogens is 396 g/mol. The van der Waals surface area contributed by atoms with Gasteiger partial charge in [0.2, 0.25) is 11.7 Å². The highest BCUT2D eigenvalue weighted by molar-refractivity contribution is 5.94. The van der Waals surface area contributed by atoms with Gasteiger partial charge in [-0.15, -0.1) is 0 Å². The number of rotatable bonds is 5. The molecule has 1 aromatic heterocycles. The average molecular weight is 415 g/mol. The lowest BCUT2D eigenvalue weighted by atomic mass is 9.87. The number of methoxy groups -OCH3 is 3. The molecule has 4 rings (SSSR count). The van der Waals surface area contributed by atoms with Gasteiger partial charge in [0.05, 0.1) is 27.5 Å². The molecule has 2 aromatic carbocycles. The van der Waals surface area contributed by atoms with E-state index < -0.39 is 11.6 Å². The van der Waals surface area contributed by atoms with E-state index in [4.69, 9.17) is 14.2 Å². The highest BCUT2D eigenvalue weighted by Crippen LogP contribution is 2.44. The molecule has 156 valence electrons. The van der Waals surface area contributed by atoms with Gasteiger partial charge in [-0.3, -0.25) is 4.79 Å². The molecule has 1 unspecified atom stereocenters. The third kappa shape index (κ3) is 3.22. The van der Waals surface area contributed by atoms with E-state index in [2.05, 4.69) is 10.4 Å². The first-order valence-electron chi connectivity index (χ1n) is 9.10. The Hall–Kier alpha value is -3.62. The molecule has 0 radical (unpaired) electrons. The van der Waals surface area contributed by atoms with Gasteiger partial charge in [0.1, 0.15) is 17.3 Å². The van der Waals surface area contributed by atoms with E-state index in [-0.39, 0.29) is 23.9 Å². The zero-order chi connectivity index (χ0) is 21.4. The number of hydrogen-bond donors (Lipinski definition) is 1. The van der Waals surface area contributed by atoms with E-state index in [0.29, 0.717) is 28.6 Å². The second-order valence-electron chi connectivity index (χ2n) is 6.72. The number of carbonyl (C=O) groups is 1. The van der Waals surface area contributed by atoms with Crippen molar-refractivity contribution in [2.75, 3.05) is 26.6 Å². The number of ether oxygens (including phenoxy) is 3. The van der Waals surface area contributed by atoms with E-state index >= 15 is 0 Å².